The summed E-state index contributed by atoms with van der Waals surface area (Å²) in [6.07, 6.45) is 2.07. The zero-order valence-corrected chi connectivity index (χ0v) is 10.4. The van der Waals surface area contributed by atoms with E-state index in [4.69, 9.17) is 14.2 Å². The molecule has 0 saturated carbocycles. The number of hydrogen-bond donors (Lipinski definition) is 0. The Balaban J connectivity index is 2.14. The lowest BCUT2D eigenvalue weighted by molar-refractivity contribution is -0.147. The first-order chi connectivity index (χ1) is 8.20. The second-order valence-electron chi connectivity index (χ2n) is 4.02. The van der Waals surface area contributed by atoms with Crippen molar-refractivity contribution in [2.45, 2.75) is 51.7 Å². The smallest absolute Gasteiger partial charge is 0.338 e. The molecule has 5 heteroatoms. The van der Waals surface area contributed by atoms with Gasteiger partial charge in [0, 0.05) is 0 Å². The van der Waals surface area contributed by atoms with Crippen LogP contribution in [-0.2, 0) is 23.8 Å². The predicted octanol–water partition coefficient (Wildman–Crippen LogP) is 1.44. The minimum absolute atomic E-state index is 0.382. The molecule has 2 unspecified atom stereocenters. The van der Waals surface area contributed by atoms with Crippen LogP contribution in [0.3, 0.4) is 0 Å². The highest BCUT2D eigenvalue weighted by atomic mass is 16.7. The van der Waals surface area contributed by atoms with Crippen molar-refractivity contribution in [2.24, 2.45) is 0 Å². The highest BCUT2D eigenvalue weighted by Crippen LogP contribution is 2.24. The van der Waals surface area contributed by atoms with Crippen molar-refractivity contribution in [3.8, 4) is 0 Å². The number of carbonyl (C=O) groups is 2. The molecule has 17 heavy (non-hydrogen) atoms. The average Bonchev–Trinajstić information content (AvgIpc) is 3.09. The van der Waals surface area contributed by atoms with Gasteiger partial charge < -0.3 is 14.2 Å². The average molecular weight is 244 g/mol. The van der Waals surface area contributed by atoms with E-state index in [2.05, 4.69) is 0 Å². The first-order valence-corrected chi connectivity index (χ1v) is 6.19. The molecule has 0 bridgehead atoms. The van der Waals surface area contributed by atoms with E-state index < -0.39 is 24.1 Å². The number of esters is 2. The Labute approximate surface area is 101 Å². The standard InChI is InChI=1S/C12H20O5/c1-3-5-7-15-11(13)9-10(17-9)12(14)16-8-6-4-2/h9-10H,3-8H2,1-2H3. The van der Waals surface area contributed by atoms with Gasteiger partial charge in [-0.2, -0.15) is 0 Å². The predicted molar refractivity (Wildman–Crippen MR) is 60.4 cm³/mol. The largest absolute Gasteiger partial charge is 0.464 e. The van der Waals surface area contributed by atoms with Crippen molar-refractivity contribution in [1.82, 2.24) is 0 Å². The lowest BCUT2D eigenvalue weighted by atomic mass is 10.3. The van der Waals surface area contributed by atoms with Gasteiger partial charge in [-0.15, -0.1) is 0 Å². The molecule has 0 spiro atoms. The summed E-state index contributed by atoms with van der Waals surface area (Å²) in [5, 5.41) is 0. The van der Waals surface area contributed by atoms with E-state index in [1.54, 1.807) is 0 Å². The molecule has 0 aromatic carbocycles. The van der Waals surface area contributed by atoms with E-state index in [1.807, 2.05) is 13.8 Å². The van der Waals surface area contributed by atoms with Gasteiger partial charge in [0.1, 0.15) is 0 Å². The third kappa shape index (κ3) is 4.73. The van der Waals surface area contributed by atoms with Crippen molar-refractivity contribution < 1.29 is 23.8 Å². The molecule has 1 heterocycles. The lowest BCUT2D eigenvalue weighted by Gasteiger charge is -2.01. The Kier molecular flexibility index (Phi) is 5.97. The van der Waals surface area contributed by atoms with Gasteiger partial charge in [0.25, 0.3) is 0 Å². The van der Waals surface area contributed by atoms with Crippen LogP contribution in [0.25, 0.3) is 0 Å². The normalized spacial score (nSPS) is 22.0. The SMILES string of the molecule is CCCCOC(=O)C1OC1C(=O)OCCCC. The Morgan fingerprint density at radius 2 is 1.35 bits per heavy atom. The van der Waals surface area contributed by atoms with Gasteiger partial charge in [-0.1, -0.05) is 26.7 Å². The summed E-state index contributed by atoms with van der Waals surface area (Å²) in [7, 11) is 0. The van der Waals surface area contributed by atoms with Crippen LogP contribution in [0.15, 0.2) is 0 Å². The highest BCUT2D eigenvalue weighted by Gasteiger charge is 2.52. The maximum absolute atomic E-state index is 11.4. The van der Waals surface area contributed by atoms with Crippen LogP contribution in [0.2, 0.25) is 0 Å². The molecule has 0 radical (unpaired) electrons. The maximum Gasteiger partial charge on any atom is 0.338 e. The number of hydrogen-bond acceptors (Lipinski definition) is 5. The summed E-state index contributed by atoms with van der Waals surface area (Å²) in [5.41, 5.74) is 0. The number of rotatable bonds is 8. The summed E-state index contributed by atoms with van der Waals surface area (Å²) in [6, 6.07) is 0. The van der Waals surface area contributed by atoms with E-state index in [9.17, 15) is 9.59 Å². The van der Waals surface area contributed by atoms with Crippen molar-refractivity contribution in [3.05, 3.63) is 0 Å². The van der Waals surface area contributed by atoms with Gasteiger partial charge in [0.15, 0.2) is 12.2 Å². The van der Waals surface area contributed by atoms with E-state index >= 15 is 0 Å². The number of epoxide rings is 1. The van der Waals surface area contributed by atoms with Gasteiger partial charge in [0.05, 0.1) is 13.2 Å². The quantitative estimate of drug-likeness (QED) is 0.367. The number of unbranched alkanes of at least 4 members (excludes halogenated alkanes) is 2. The van der Waals surface area contributed by atoms with Crippen molar-refractivity contribution in [3.63, 3.8) is 0 Å². The molecule has 1 aliphatic rings. The van der Waals surface area contributed by atoms with Crippen LogP contribution in [0, 0.1) is 0 Å². The summed E-state index contributed by atoms with van der Waals surface area (Å²) in [4.78, 5) is 22.7. The summed E-state index contributed by atoms with van der Waals surface area (Å²) < 4.78 is 14.8. The molecular formula is C12H20O5. The lowest BCUT2D eigenvalue weighted by Crippen LogP contribution is -2.21. The Bertz CT molecular complexity index is 238. The monoisotopic (exact) mass is 244 g/mol. The molecule has 0 aliphatic carbocycles. The first-order valence-electron chi connectivity index (χ1n) is 6.19. The zero-order valence-electron chi connectivity index (χ0n) is 10.4. The third-order valence-electron chi connectivity index (χ3n) is 2.44. The Morgan fingerprint density at radius 3 is 1.71 bits per heavy atom. The van der Waals surface area contributed by atoms with Crippen LogP contribution in [0.4, 0.5) is 0 Å². The van der Waals surface area contributed by atoms with Gasteiger partial charge in [-0.3, -0.25) is 0 Å². The van der Waals surface area contributed by atoms with Crippen LogP contribution in [0.1, 0.15) is 39.5 Å². The molecule has 98 valence electrons. The molecule has 5 nitrogen and oxygen atoms in total. The van der Waals surface area contributed by atoms with Crippen molar-refractivity contribution in [2.75, 3.05) is 13.2 Å². The van der Waals surface area contributed by atoms with Crippen LogP contribution >= 0.6 is 0 Å². The van der Waals surface area contributed by atoms with E-state index in [0.717, 1.165) is 25.7 Å². The maximum atomic E-state index is 11.4. The molecule has 0 amide bonds. The van der Waals surface area contributed by atoms with E-state index in [1.165, 1.54) is 0 Å². The van der Waals surface area contributed by atoms with Gasteiger partial charge in [-0.05, 0) is 12.8 Å². The molecule has 2 atom stereocenters. The second kappa shape index (κ2) is 7.27. The summed E-state index contributed by atoms with van der Waals surface area (Å²) in [5.74, 6) is -0.924. The molecule has 1 rings (SSSR count). The summed E-state index contributed by atoms with van der Waals surface area (Å²) in [6.45, 7) is 4.78. The minimum atomic E-state index is -0.749. The van der Waals surface area contributed by atoms with Crippen LogP contribution in [-0.4, -0.2) is 37.4 Å². The second-order valence-corrected chi connectivity index (χ2v) is 4.02. The first kappa shape index (κ1) is 14.0. The van der Waals surface area contributed by atoms with E-state index in [0.29, 0.717) is 13.2 Å². The summed E-state index contributed by atoms with van der Waals surface area (Å²) >= 11 is 0. The number of carbonyl (C=O) groups excluding carboxylic acids is 2. The van der Waals surface area contributed by atoms with Crippen LogP contribution in [0.5, 0.6) is 0 Å². The molecule has 1 saturated heterocycles. The van der Waals surface area contributed by atoms with Gasteiger partial charge >= 0.3 is 11.9 Å². The topological polar surface area (TPSA) is 65.1 Å². The molecule has 0 N–H and O–H groups in total. The minimum Gasteiger partial charge on any atom is -0.464 e. The Morgan fingerprint density at radius 1 is 0.941 bits per heavy atom. The van der Waals surface area contributed by atoms with Gasteiger partial charge in [0.2, 0.25) is 0 Å². The van der Waals surface area contributed by atoms with Crippen molar-refractivity contribution in [1.29, 1.82) is 0 Å². The third-order valence-corrected chi connectivity index (χ3v) is 2.44. The number of ether oxygens (including phenoxy) is 3. The molecular weight excluding hydrogens is 224 g/mol. The fourth-order valence-electron chi connectivity index (χ4n) is 1.27. The van der Waals surface area contributed by atoms with E-state index in [-0.39, 0.29) is 0 Å². The fourth-order valence-corrected chi connectivity index (χ4v) is 1.27. The fraction of sp³-hybridized carbons (Fsp3) is 0.833. The highest BCUT2D eigenvalue weighted by molar-refractivity contribution is 5.89. The zero-order chi connectivity index (χ0) is 12.7. The van der Waals surface area contributed by atoms with Crippen molar-refractivity contribution >= 4 is 11.9 Å². The molecule has 1 aliphatic heterocycles. The Hall–Kier alpha value is -1.10. The molecule has 0 aromatic heterocycles. The molecule has 1 fully saturated rings. The van der Waals surface area contributed by atoms with Gasteiger partial charge in [-0.25, -0.2) is 9.59 Å². The molecule has 0 aromatic rings. The van der Waals surface area contributed by atoms with Crippen LogP contribution < -0.4 is 0 Å².